The normalized spacial score (nSPS) is 18.4. The first kappa shape index (κ1) is 13.1. The standard InChI is InChI=1S/C16H22N2/c1-16(2)9-11-18(13-16)12-15-7-5-14(6-8-15)4-3-10-17/h5-8H,9-13,17H2,1-2H3. The molecule has 0 radical (unpaired) electrons. The highest BCUT2D eigenvalue weighted by atomic mass is 15.1. The number of nitrogens with two attached hydrogens (primary N) is 1. The van der Waals surface area contributed by atoms with Crippen molar-refractivity contribution in [3.8, 4) is 11.8 Å². The van der Waals surface area contributed by atoms with Gasteiger partial charge in [0.2, 0.25) is 0 Å². The van der Waals surface area contributed by atoms with E-state index in [1.165, 1.54) is 25.1 Å². The molecule has 0 spiro atoms. The minimum atomic E-state index is 0.421. The summed E-state index contributed by atoms with van der Waals surface area (Å²) in [4.78, 5) is 2.53. The summed E-state index contributed by atoms with van der Waals surface area (Å²) < 4.78 is 0. The first-order valence-electron chi connectivity index (χ1n) is 6.59. The summed E-state index contributed by atoms with van der Waals surface area (Å²) in [7, 11) is 0. The Balaban J connectivity index is 1.95. The maximum Gasteiger partial charge on any atom is 0.0555 e. The molecule has 2 heteroatoms. The lowest BCUT2D eigenvalue weighted by Crippen LogP contribution is -2.22. The van der Waals surface area contributed by atoms with E-state index < -0.39 is 0 Å². The Labute approximate surface area is 110 Å². The van der Waals surface area contributed by atoms with E-state index >= 15 is 0 Å². The Morgan fingerprint density at radius 2 is 2.00 bits per heavy atom. The van der Waals surface area contributed by atoms with Crippen LogP contribution in [0.25, 0.3) is 0 Å². The Kier molecular flexibility index (Phi) is 4.06. The van der Waals surface area contributed by atoms with Gasteiger partial charge in [0.15, 0.2) is 0 Å². The zero-order chi connectivity index (χ0) is 13.0. The van der Waals surface area contributed by atoms with Crippen LogP contribution in [0.4, 0.5) is 0 Å². The summed E-state index contributed by atoms with van der Waals surface area (Å²) in [6.45, 7) is 8.57. The summed E-state index contributed by atoms with van der Waals surface area (Å²) >= 11 is 0. The molecule has 1 saturated heterocycles. The maximum atomic E-state index is 5.36. The third-order valence-corrected chi connectivity index (χ3v) is 3.45. The zero-order valence-corrected chi connectivity index (χ0v) is 11.4. The van der Waals surface area contributed by atoms with Crippen molar-refractivity contribution in [3.05, 3.63) is 35.4 Å². The van der Waals surface area contributed by atoms with Crippen molar-refractivity contribution in [3.63, 3.8) is 0 Å². The lowest BCUT2D eigenvalue weighted by Gasteiger charge is -2.19. The molecular weight excluding hydrogens is 220 g/mol. The molecule has 1 aliphatic heterocycles. The minimum absolute atomic E-state index is 0.421. The van der Waals surface area contributed by atoms with E-state index in [1.54, 1.807) is 0 Å². The lowest BCUT2D eigenvalue weighted by molar-refractivity contribution is 0.284. The molecule has 96 valence electrons. The Hall–Kier alpha value is -1.30. The van der Waals surface area contributed by atoms with Crippen molar-refractivity contribution in [1.82, 2.24) is 4.90 Å². The maximum absolute atomic E-state index is 5.36. The first-order valence-corrected chi connectivity index (χ1v) is 6.59. The van der Waals surface area contributed by atoms with E-state index in [1.807, 2.05) is 0 Å². The number of hydrogen-bond acceptors (Lipinski definition) is 2. The van der Waals surface area contributed by atoms with Gasteiger partial charge < -0.3 is 5.73 Å². The number of benzene rings is 1. The van der Waals surface area contributed by atoms with Crippen LogP contribution < -0.4 is 5.73 Å². The SMILES string of the molecule is CC1(C)CCN(Cc2ccc(C#CCN)cc2)C1. The molecule has 2 nitrogen and oxygen atoms in total. The molecule has 0 unspecified atom stereocenters. The van der Waals surface area contributed by atoms with Gasteiger partial charge in [-0.1, -0.05) is 37.8 Å². The van der Waals surface area contributed by atoms with Gasteiger partial charge >= 0.3 is 0 Å². The molecular formula is C16H22N2. The van der Waals surface area contributed by atoms with Crippen LogP contribution in [-0.4, -0.2) is 24.5 Å². The van der Waals surface area contributed by atoms with Crippen molar-refractivity contribution in [1.29, 1.82) is 0 Å². The van der Waals surface area contributed by atoms with Crippen molar-refractivity contribution >= 4 is 0 Å². The molecule has 1 aliphatic rings. The smallest absolute Gasteiger partial charge is 0.0555 e. The topological polar surface area (TPSA) is 29.3 Å². The highest BCUT2D eigenvalue weighted by Crippen LogP contribution is 2.29. The van der Waals surface area contributed by atoms with E-state index in [-0.39, 0.29) is 0 Å². The van der Waals surface area contributed by atoms with Crippen LogP contribution in [0, 0.1) is 17.3 Å². The van der Waals surface area contributed by atoms with Crippen molar-refractivity contribution in [2.45, 2.75) is 26.8 Å². The monoisotopic (exact) mass is 242 g/mol. The third-order valence-electron chi connectivity index (χ3n) is 3.45. The Morgan fingerprint density at radius 1 is 1.28 bits per heavy atom. The number of rotatable bonds is 2. The van der Waals surface area contributed by atoms with E-state index in [9.17, 15) is 0 Å². The summed E-state index contributed by atoms with van der Waals surface area (Å²) in [5, 5.41) is 0. The molecule has 1 heterocycles. The van der Waals surface area contributed by atoms with Gasteiger partial charge in [-0.05, 0) is 36.1 Å². The van der Waals surface area contributed by atoms with Crippen LogP contribution in [0.3, 0.4) is 0 Å². The van der Waals surface area contributed by atoms with Crippen LogP contribution >= 0.6 is 0 Å². The largest absolute Gasteiger partial charge is 0.320 e. The van der Waals surface area contributed by atoms with Crippen molar-refractivity contribution in [2.75, 3.05) is 19.6 Å². The second-order valence-electron chi connectivity index (χ2n) is 5.83. The molecule has 1 aromatic rings. The molecule has 18 heavy (non-hydrogen) atoms. The third kappa shape index (κ3) is 3.60. The predicted octanol–water partition coefficient (Wildman–Crippen LogP) is 2.23. The van der Waals surface area contributed by atoms with Crippen LogP contribution in [0.15, 0.2) is 24.3 Å². The molecule has 1 fully saturated rings. The summed E-state index contributed by atoms with van der Waals surface area (Å²) in [6, 6.07) is 8.51. The van der Waals surface area contributed by atoms with Crippen LogP contribution in [0.1, 0.15) is 31.4 Å². The van der Waals surface area contributed by atoms with E-state index in [4.69, 9.17) is 5.73 Å². The van der Waals surface area contributed by atoms with Gasteiger partial charge in [-0.15, -0.1) is 0 Å². The van der Waals surface area contributed by atoms with E-state index in [0.29, 0.717) is 12.0 Å². The molecule has 0 aliphatic carbocycles. The fourth-order valence-electron chi connectivity index (χ4n) is 2.46. The summed E-state index contributed by atoms with van der Waals surface area (Å²) in [6.07, 6.45) is 1.30. The average Bonchev–Trinajstić information content (AvgIpc) is 2.68. The highest BCUT2D eigenvalue weighted by Gasteiger charge is 2.28. The molecule has 0 bridgehead atoms. The van der Waals surface area contributed by atoms with Crippen LogP contribution in [0.2, 0.25) is 0 Å². The zero-order valence-electron chi connectivity index (χ0n) is 11.4. The van der Waals surface area contributed by atoms with E-state index in [2.05, 4.69) is 54.9 Å². The second kappa shape index (κ2) is 5.56. The van der Waals surface area contributed by atoms with Gasteiger partial charge in [0.1, 0.15) is 0 Å². The molecule has 0 saturated carbocycles. The minimum Gasteiger partial charge on any atom is -0.320 e. The molecule has 2 rings (SSSR count). The first-order chi connectivity index (χ1) is 8.59. The van der Waals surface area contributed by atoms with Gasteiger partial charge in [-0.2, -0.15) is 0 Å². The fraction of sp³-hybridized carbons (Fsp3) is 0.500. The molecule has 1 aromatic carbocycles. The number of nitrogens with zero attached hydrogens (tertiary/aromatic N) is 1. The quantitative estimate of drug-likeness (QED) is 0.806. The molecule has 0 amide bonds. The highest BCUT2D eigenvalue weighted by molar-refractivity contribution is 5.36. The van der Waals surface area contributed by atoms with Crippen molar-refractivity contribution < 1.29 is 0 Å². The van der Waals surface area contributed by atoms with Gasteiger partial charge in [-0.3, -0.25) is 4.90 Å². The summed E-state index contributed by atoms with van der Waals surface area (Å²) in [5.74, 6) is 5.92. The number of hydrogen-bond donors (Lipinski definition) is 1. The molecule has 2 N–H and O–H groups in total. The summed E-state index contributed by atoms with van der Waals surface area (Å²) in [5.41, 5.74) is 8.25. The Bertz CT molecular complexity index is 448. The fourth-order valence-corrected chi connectivity index (χ4v) is 2.46. The van der Waals surface area contributed by atoms with Crippen molar-refractivity contribution in [2.24, 2.45) is 11.1 Å². The van der Waals surface area contributed by atoms with Gasteiger partial charge in [-0.25, -0.2) is 0 Å². The van der Waals surface area contributed by atoms with Crippen LogP contribution in [-0.2, 0) is 6.54 Å². The van der Waals surface area contributed by atoms with Crippen LogP contribution in [0.5, 0.6) is 0 Å². The lowest BCUT2D eigenvalue weighted by atomic mass is 9.93. The van der Waals surface area contributed by atoms with Gasteiger partial charge in [0.05, 0.1) is 6.54 Å². The predicted molar refractivity (Wildman–Crippen MR) is 76.0 cm³/mol. The molecule has 0 aromatic heterocycles. The van der Waals surface area contributed by atoms with E-state index in [0.717, 1.165) is 12.1 Å². The van der Waals surface area contributed by atoms with Gasteiger partial charge in [0, 0.05) is 18.7 Å². The molecule has 0 atom stereocenters. The Morgan fingerprint density at radius 3 is 2.56 bits per heavy atom. The second-order valence-corrected chi connectivity index (χ2v) is 5.83. The number of likely N-dealkylation sites (tertiary alicyclic amines) is 1. The van der Waals surface area contributed by atoms with Gasteiger partial charge in [0.25, 0.3) is 0 Å². The average molecular weight is 242 g/mol.